The zero-order valence-electron chi connectivity index (χ0n) is 60.4. The molecule has 0 aliphatic heterocycles. The summed E-state index contributed by atoms with van der Waals surface area (Å²) in [6.07, 6.45) is 0. The lowest BCUT2D eigenvalue weighted by Gasteiger charge is -2.36. The second-order valence-electron chi connectivity index (χ2n) is 31.6. The Morgan fingerprint density at radius 1 is 0.210 bits per heavy atom. The lowest BCUT2D eigenvalue weighted by molar-refractivity contribution is 0.590. The van der Waals surface area contributed by atoms with E-state index >= 15 is 0 Å². The van der Waals surface area contributed by atoms with Crippen molar-refractivity contribution in [2.45, 2.75) is 132 Å². The summed E-state index contributed by atoms with van der Waals surface area (Å²) >= 11 is 7.23. The van der Waals surface area contributed by atoms with Crippen LogP contribution < -0.4 is 19.6 Å². The van der Waals surface area contributed by atoms with E-state index in [9.17, 15) is 0 Å². The van der Waals surface area contributed by atoms with Gasteiger partial charge in [-0.05, 0) is 270 Å². The molecule has 0 N–H and O–H groups in total. The van der Waals surface area contributed by atoms with Crippen LogP contribution in [0.5, 0.6) is 0 Å². The summed E-state index contributed by atoms with van der Waals surface area (Å²) in [5.41, 5.74) is 23.2. The second-order valence-corrected chi connectivity index (χ2v) is 35.4. The van der Waals surface area contributed by atoms with Crippen LogP contribution in [0.1, 0.15) is 128 Å². The maximum absolute atomic E-state index is 2.59. The van der Waals surface area contributed by atoms with Crippen molar-refractivity contribution < 1.29 is 0 Å². The summed E-state index contributed by atoms with van der Waals surface area (Å²) in [5, 5.41) is 21.1. The smallest absolute Gasteiger partial charge is 0.0561 e. The van der Waals surface area contributed by atoms with Crippen molar-refractivity contribution in [1.82, 2.24) is 0 Å². The summed E-state index contributed by atoms with van der Waals surface area (Å²) in [6, 6.07) is 80.9. The first-order valence-corrected chi connectivity index (χ1v) is 38.6. The molecule has 16 aromatic rings. The Balaban J connectivity index is 1.12. The van der Waals surface area contributed by atoms with Crippen molar-refractivity contribution in [1.29, 1.82) is 0 Å². The molecule has 4 heterocycles. The van der Waals surface area contributed by atoms with E-state index in [1.165, 1.54) is 95.6 Å². The molecule has 0 fully saturated rings. The summed E-state index contributed by atoms with van der Waals surface area (Å²) in [7, 11) is 0. The van der Waals surface area contributed by atoms with E-state index in [-0.39, 0.29) is 21.7 Å². The number of hydrogen-bond acceptors (Lipinski definition) is 8. The number of anilines is 12. The van der Waals surface area contributed by atoms with E-state index in [0.29, 0.717) is 0 Å². The van der Waals surface area contributed by atoms with Crippen LogP contribution in [0, 0.1) is 27.7 Å². The predicted molar refractivity (Wildman–Crippen MR) is 444 cm³/mol. The Kier molecular flexibility index (Phi) is 15.8. The number of fused-ring (bicyclic) bond motifs is 4. The zero-order chi connectivity index (χ0) is 69.6. The standard InChI is InChI=1S/C92H86N4S4/c1-55-67-45-49-97-83(67)41-37-75(55)93(63-25-17-59(18-26-63)89(5,6)7)79-53-80(94(64-27-19-60(20-28-64)90(8,9)10)76-38-42-84-68(56(76)2)46-50-98-84)72-35-36-74-82(96(66-31-23-62(24-32-66)92(14,15)16)78-40-44-86-70(58(78)4)48-52-100-86)54-81(73-34-33-71(79)87(72)88(73)74)95(65-29-21-61(22-30-65)91(11,12)13)77-39-43-85-69(57(77)3)47-51-99-85/h17-54H,1-16H3. The highest BCUT2D eigenvalue weighted by Gasteiger charge is 2.33. The molecule has 4 aromatic heterocycles. The highest BCUT2D eigenvalue weighted by Crippen LogP contribution is 2.57. The largest absolute Gasteiger partial charge is 0.310 e. The van der Waals surface area contributed by atoms with Gasteiger partial charge in [-0.15, -0.1) is 45.3 Å². The molecule has 12 aromatic carbocycles. The zero-order valence-corrected chi connectivity index (χ0v) is 63.6. The SMILES string of the molecule is Cc1c(N(c2ccc(C(C)(C)C)cc2)c2cc(N(c3ccc(C(C)(C)C)cc3)c3ccc4sccc4c3C)c3ccc4c(N(c5ccc(C(C)(C)C)cc5)c5ccc6sccc6c5C)cc(N(c5ccc(C(C)(C)C)cc5)c5ccc6sccc6c5C)c5ccc2c3c54)ccc2sccc12. The van der Waals surface area contributed by atoms with Crippen molar-refractivity contribution >= 4 is 186 Å². The van der Waals surface area contributed by atoms with Crippen LogP contribution in [0.4, 0.5) is 68.2 Å². The molecule has 0 aliphatic rings. The van der Waals surface area contributed by atoms with Crippen LogP contribution in [0.2, 0.25) is 0 Å². The third kappa shape index (κ3) is 11.0. The van der Waals surface area contributed by atoms with E-state index in [0.717, 1.165) is 89.8 Å². The van der Waals surface area contributed by atoms with Gasteiger partial charge in [0.1, 0.15) is 0 Å². The molecule has 16 rings (SSSR count). The average molecular weight is 1380 g/mol. The van der Waals surface area contributed by atoms with Crippen molar-refractivity contribution in [2.24, 2.45) is 0 Å². The molecule has 0 radical (unpaired) electrons. The Hall–Kier alpha value is -9.28. The Morgan fingerprint density at radius 2 is 0.410 bits per heavy atom. The third-order valence-corrected chi connectivity index (χ3v) is 24.7. The van der Waals surface area contributed by atoms with Crippen molar-refractivity contribution in [2.75, 3.05) is 19.6 Å². The average Bonchev–Trinajstić information content (AvgIpc) is 0.752. The van der Waals surface area contributed by atoms with Crippen molar-refractivity contribution in [3.05, 3.63) is 272 Å². The van der Waals surface area contributed by atoms with E-state index in [4.69, 9.17) is 0 Å². The van der Waals surface area contributed by atoms with Crippen LogP contribution in [0.3, 0.4) is 0 Å². The minimum atomic E-state index is -0.0536. The molecule has 0 saturated carbocycles. The first kappa shape index (κ1) is 65.3. The minimum Gasteiger partial charge on any atom is -0.310 e. The highest BCUT2D eigenvalue weighted by atomic mass is 32.1. The van der Waals surface area contributed by atoms with Crippen LogP contribution in [0.25, 0.3) is 72.7 Å². The van der Waals surface area contributed by atoms with Crippen molar-refractivity contribution in [3.8, 4) is 0 Å². The van der Waals surface area contributed by atoms with E-state index in [1.54, 1.807) is 0 Å². The van der Waals surface area contributed by atoms with E-state index in [1.807, 2.05) is 45.3 Å². The van der Waals surface area contributed by atoms with Gasteiger partial charge < -0.3 is 19.6 Å². The summed E-state index contributed by atoms with van der Waals surface area (Å²) < 4.78 is 5.12. The lowest BCUT2D eigenvalue weighted by Crippen LogP contribution is -2.18. The molecule has 0 saturated heterocycles. The Morgan fingerprint density at radius 3 is 0.600 bits per heavy atom. The molecule has 100 heavy (non-hydrogen) atoms. The number of rotatable bonds is 12. The van der Waals surface area contributed by atoms with Gasteiger partial charge in [0.15, 0.2) is 0 Å². The molecule has 0 amide bonds. The number of thiophene rings is 4. The first-order valence-electron chi connectivity index (χ1n) is 35.1. The van der Waals surface area contributed by atoms with Gasteiger partial charge in [-0.1, -0.05) is 156 Å². The molecule has 0 spiro atoms. The first-order chi connectivity index (χ1) is 47.8. The number of aryl methyl sites for hydroxylation is 4. The fraction of sp³-hybridized carbons (Fsp3) is 0.217. The molecule has 4 nitrogen and oxygen atoms in total. The van der Waals surface area contributed by atoms with Crippen molar-refractivity contribution in [3.63, 3.8) is 0 Å². The number of benzene rings is 12. The topological polar surface area (TPSA) is 13.0 Å². The van der Waals surface area contributed by atoms with Gasteiger partial charge in [0.2, 0.25) is 0 Å². The predicted octanol–water partition coefficient (Wildman–Crippen LogP) is 29.7. The fourth-order valence-electron chi connectivity index (χ4n) is 15.4. The van der Waals surface area contributed by atoms with Gasteiger partial charge in [0, 0.05) is 96.6 Å². The maximum Gasteiger partial charge on any atom is 0.0561 e. The molecular formula is C92H86N4S4. The molecular weight excluding hydrogens is 1290 g/mol. The maximum atomic E-state index is 2.59. The molecule has 498 valence electrons. The monoisotopic (exact) mass is 1370 g/mol. The van der Waals surface area contributed by atoms with Gasteiger partial charge in [0.25, 0.3) is 0 Å². The van der Waals surface area contributed by atoms with Crippen LogP contribution in [-0.2, 0) is 21.7 Å². The van der Waals surface area contributed by atoms with Gasteiger partial charge >= 0.3 is 0 Å². The molecule has 0 atom stereocenters. The third-order valence-electron chi connectivity index (χ3n) is 21.2. The number of nitrogens with zero attached hydrogens (tertiary/aromatic N) is 4. The van der Waals surface area contributed by atoms with E-state index < -0.39 is 0 Å². The Bertz CT molecular complexity index is 5100. The molecule has 0 aliphatic carbocycles. The fourth-order valence-corrected chi connectivity index (χ4v) is 18.8. The lowest BCUT2D eigenvalue weighted by atomic mass is 9.86. The van der Waals surface area contributed by atoms with Crippen LogP contribution in [0.15, 0.2) is 228 Å². The summed E-state index contributed by atoms with van der Waals surface area (Å²) in [4.78, 5) is 10.4. The Labute approximate surface area is 606 Å². The van der Waals surface area contributed by atoms with Crippen LogP contribution >= 0.6 is 45.3 Å². The minimum absolute atomic E-state index is 0.0536. The van der Waals surface area contributed by atoms with Gasteiger partial charge in [-0.3, -0.25) is 0 Å². The van der Waals surface area contributed by atoms with Crippen LogP contribution in [-0.4, -0.2) is 0 Å². The normalized spacial score (nSPS) is 12.6. The van der Waals surface area contributed by atoms with Gasteiger partial charge in [0.05, 0.1) is 22.7 Å². The highest BCUT2D eigenvalue weighted by molar-refractivity contribution is 7.18. The quantitative estimate of drug-likeness (QED) is 0.113. The van der Waals surface area contributed by atoms with E-state index in [2.05, 4.69) is 358 Å². The number of hydrogen-bond donors (Lipinski definition) is 0. The van der Waals surface area contributed by atoms with Gasteiger partial charge in [-0.2, -0.15) is 0 Å². The second kappa shape index (κ2) is 24.2. The molecule has 8 heteroatoms. The molecule has 0 bridgehead atoms. The van der Waals surface area contributed by atoms with Gasteiger partial charge in [-0.25, -0.2) is 0 Å². The summed E-state index contributed by atoms with van der Waals surface area (Å²) in [6.45, 7) is 37.1. The molecule has 0 unspecified atom stereocenters. The summed E-state index contributed by atoms with van der Waals surface area (Å²) in [5.74, 6) is 0.